The van der Waals surface area contributed by atoms with E-state index < -0.39 is 0 Å². The van der Waals surface area contributed by atoms with Crippen molar-refractivity contribution in [3.8, 4) is 0 Å². The summed E-state index contributed by atoms with van der Waals surface area (Å²) < 4.78 is 0. The first-order chi connectivity index (χ1) is 8.40. The molecule has 1 aromatic rings. The molecule has 3 heteroatoms. The minimum absolute atomic E-state index is 0.0689. The van der Waals surface area contributed by atoms with Crippen LogP contribution in [0.15, 0.2) is 24.3 Å². The Morgan fingerprint density at radius 1 is 1.28 bits per heavy atom. The maximum Gasteiger partial charge on any atom is 0.230 e. The summed E-state index contributed by atoms with van der Waals surface area (Å²) >= 11 is 0. The smallest absolute Gasteiger partial charge is 0.230 e. The third kappa shape index (κ3) is 3.57. The van der Waals surface area contributed by atoms with Gasteiger partial charge in [0.1, 0.15) is 0 Å². The van der Waals surface area contributed by atoms with Crippen LogP contribution < -0.4 is 10.6 Å². The van der Waals surface area contributed by atoms with Crippen molar-refractivity contribution in [3.63, 3.8) is 0 Å². The molecule has 0 heterocycles. The van der Waals surface area contributed by atoms with Crippen LogP contribution in [0.3, 0.4) is 0 Å². The predicted molar refractivity (Wildman–Crippen MR) is 76.6 cm³/mol. The Hall–Kier alpha value is -1.35. The van der Waals surface area contributed by atoms with E-state index in [-0.39, 0.29) is 11.3 Å². The lowest BCUT2D eigenvalue weighted by Gasteiger charge is -2.21. The number of rotatable bonds is 5. The molecule has 2 N–H and O–H groups in total. The summed E-state index contributed by atoms with van der Waals surface area (Å²) in [4.78, 5) is 12.0. The van der Waals surface area contributed by atoms with E-state index in [2.05, 4.69) is 17.6 Å². The Bertz CT molecular complexity index is 395. The summed E-state index contributed by atoms with van der Waals surface area (Å²) in [6.45, 7) is 8.05. The van der Waals surface area contributed by atoms with Crippen LogP contribution in [-0.2, 0) is 4.79 Å². The van der Waals surface area contributed by atoms with E-state index >= 15 is 0 Å². The standard InChI is InChI=1S/C15H24N2O/c1-6-15(3,4)14(18)17-13-9-7-12(8-10-13)11(2)16-5/h7-11,16H,6H2,1-5H3,(H,17,18). The molecule has 0 aliphatic rings. The zero-order valence-electron chi connectivity index (χ0n) is 12.0. The van der Waals surface area contributed by atoms with Gasteiger partial charge in [0.25, 0.3) is 0 Å². The van der Waals surface area contributed by atoms with Crippen LogP contribution in [0, 0.1) is 5.41 Å². The summed E-state index contributed by atoms with van der Waals surface area (Å²) in [5.74, 6) is 0.0689. The summed E-state index contributed by atoms with van der Waals surface area (Å²) in [5.41, 5.74) is 1.75. The Labute approximate surface area is 110 Å². The number of benzene rings is 1. The van der Waals surface area contributed by atoms with Crippen molar-refractivity contribution in [2.24, 2.45) is 5.41 Å². The molecule has 0 radical (unpaired) electrons. The van der Waals surface area contributed by atoms with Crippen LogP contribution in [0.25, 0.3) is 0 Å². The number of hydrogen-bond acceptors (Lipinski definition) is 2. The fourth-order valence-corrected chi connectivity index (χ4v) is 1.48. The molecule has 0 saturated carbocycles. The highest BCUT2D eigenvalue weighted by atomic mass is 16.2. The lowest BCUT2D eigenvalue weighted by Crippen LogP contribution is -2.29. The highest BCUT2D eigenvalue weighted by Crippen LogP contribution is 2.23. The second-order valence-electron chi connectivity index (χ2n) is 5.32. The quantitative estimate of drug-likeness (QED) is 0.839. The monoisotopic (exact) mass is 248 g/mol. The van der Waals surface area contributed by atoms with E-state index in [0.717, 1.165) is 12.1 Å². The summed E-state index contributed by atoms with van der Waals surface area (Å²) in [7, 11) is 1.93. The Morgan fingerprint density at radius 3 is 2.28 bits per heavy atom. The van der Waals surface area contributed by atoms with Crippen LogP contribution in [0.5, 0.6) is 0 Å². The molecule has 0 fully saturated rings. The molecule has 1 aromatic carbocycles. The number of anilines is 1. The zero-order chi connectivity index (χ0) is 13.8. The van der Waals surface area contributed by atoms with E-state index in [1.165, 1.54) is 5.56 Å². The lowest BCUT2D eigenvalue weighted by molar-refractivity contribution is -0.124. The van der Waals surface area contributed by atoms with Gasteiger partial charge in [0.15, 0.2) is 0 Å². The van der Waals surface area contributed by atoms with E-state index in [4.69, 9.17) is 0 Å². The topological polar surface area (TPSA) is 41.1 Å². The van der Waals surface area contributed by atoms with Gasteiger partial charge >= 0.3 is 0 Å². The van der Waals surface area contributed by atoms with E-state index in [1.54, 1.807) is 0 Å². The number of hydrogen-bond donors (Lipinski definition) is 2. The molecule has 1 rings (SSSR count). The average molecular weight is 248 g/mol. The largest absolute Gasteiger partial charge is 0.326 e. The molecule has 0 bridgehead atoms. The van der Waals surface area contributed by atoms with Gasteiger partial charge in [-0.3, -0.25) is 4.79 Å². The molecule has 0 aliphatic carbocycles. The number of carbonyl (C=O) groups excluding carboxylic acids is 1. The summed E-state index contributed by atoms with van der Waals surface area (Å²) in [6, 6.07) is 8.30. The van der Waals surface area contributed by atoms with Gasteiger partial charge in [0.2, 0.25) is 5.91 Å². The van der Waals surface area contributed by atoms with E-state index in [0.29, 0.717) is 6.04 Å². The fraction of sp³-hybridized carbons (Fsp3) is 0.533. The first kappa shape index (κ1) is 14.7. The zero-order valence-corrected chi connectivity index (χ0v) is 12.0. The summed E-state index contributed by atoms with van der Waals surface area (Å²) in [5, 5.41) is 6.15. The van der Waals surface area contributed by atoms with E-state index in [1.807, 2.05) is 52.1 Å². The van der Waals surface area contributed by atoms with Crippen molar-refractivity contribution in [1.29, 1.82) is 0 Å². The van der Waals surface area contributed by atoms with Crippen molar-refractivity contribution in [2.75, 3.05) is 12.4 Å². The summed E-state index contributed by atoms with van der Waals surface area (Å²) in [6.07, 6.45) is 0.827. The molecule has 100 valence electrons. The average Bonchev–Trinajstić information content (AvgIpc) is 2.38. The first-order valence-corrected chi connectivity index (χ1v) is 6.49. The molecule has 0 spiro atoms. The molecule has 0 saturated heterocycles. The second kappa shape index (κ2) is 6.01. The van der Waals surface area contributed by atoms with Gasteiger partial charge < -0.3 is 10.6 Å². The van der Waals surface area contributed by atoms with Crippen molar-refractivity contribution in [1.82, 2.24) is 5.32 Å². The van der Waals surface area contributed by atoms with E-state index in [9.17, 15) is 4.79 Å². The molecule has 1 atom stereocenters. The molecule has 18 heavy (non-hydrogen) atoms. The van der Waals surface area contributed by atoms with Crippen molar-refractivity contribution in [3.05, 3.63) is 29.8 Å². The Balaban J connectivity index is 2.73. The van der Waals surface area contributed by atoms with Crippen molar-refractivity contribution >= 4 is 11.6 Å². The Morgan fingerprint density at radius 2 is 1.83 bits per heavy atom. The molecular weight excluding hydrogens is 224 g/mol. The molecule has 3 nitrogen and oxygen atoms in total. The van der Waals surface area contributed by atoms with Crippen LogP contribution in [0.4, 0.5) is 5.69 Å². The van der Waals surface area contributed by atoms with Gasteiger partial charge in [0, 0.05) is 17.1 Å². The van der Waals surface area contributed by atoms with Crippen LogP contribution in [0.2, 0.25) is 0 Å². The van der Waals surface area contributed by atoms with Gasteiger partial charge in [-0.2, -0.15) is 0 Å². The fourth-order valence-electron chi connectivity index (χ4n) is 1.48. The SMILES string of the molecule is CCC(C)(C)C(=O)Nc1ccc(C(C)NC)cc1. The molecular formula is C15H24N2O. The van der Waals surface area contributed by atoms with Crippen LogP contribution >= 0.6 is 0 Å². The van der Waals surface area contributed by atoms with Crippen LogP contribution in [0.1, 0.15) is 45.7 Å². The molecule has 0 aliphatic heterocycles. The van der Waals surface area contributed by atoms with Gasteiger partial charge in [0.05, 0.1) is 0 Å². The Kier molecular flexibility index (Phi) is 4.91. The lowest BCUT2D eigenvalue weighted by atomic mass is 9.89. The molecule has 1 amide bonds. The normalized spacial score (nSPS) is 13.2. The number of nitrogens with one attached hydrogen (secondary N) is 2. The van der Waals surface area contributed by atoms with Gasteiger partial charge in [-0.15, -0.1) is 0 Å². The minimum Gasteiger partial charge on any atom is -0.326 e. The number of carbonyl (C=O) groups is 1. The third-order valence-corrected chi connectivity index (χ3v) is 3.60. The molecule has 0 aromatic heterocycles. The maximum atomic E-state index is 12.0. The van der Waals surface area contributed by atoms with Gasteiger partial charge in [-0.05, 0) is 38.1 Å². The maximum absolute atomic E-state index is 12.0. The number of amides is 1. The predicted octanol–water partition coefficient (Wildman–Crippen LogP) is 3.34. The van der Waals surface area contributed by atoms with Crippen molar-refractivity contribution < 1.29 is 4.79 Å². The molecule has 1 unspecified atom stereocenters. The highest BCUT2D eigenvalue weighted by molar-refractivity contribution is 5.94. The third-order valence-electron chi connectivity index (χ3n) is 3.60. The highest BCUT2D eigenvalue weighted by Gasteiger charge is 2.25. The second-order valence-corrected chi connectivity index (χ2v) is 5.32. The first-order valence-electron chi connectivity index (χ1n) is 6.49. The minimum atomic E-state index is -0.322. The van der Waals surface area contributed by atoms with Gasteiger partial charge in [-0.25, -0.2) is 0 Å². The van der Waals surface area contributed by atoms with Crippen molar-refractivity contribution in [2.45, 2.75) is 40.2 Å². The van der Waals surface area contributed by atoms with Gasteiger partial charge in [-0.1, -0.05) is 32.9 Å². The van der Waals surface area contributed by atoms with Crippen LogP contribution in [-0.4, -0.2) is 13.0 Å².